The number of nitro benzene ring substituents is 1. The van der Waals surface area contributed by atoms with E-state index in [1.807, 2.05) is 11.9 Å². The molecule has 3 aromatic rings. The molecule has 2 aromatic carbocycles. The van der Waals surface area contributed by atoms with Crippen LogP contribution in [0.2, 0.25) is 5.02 Å². The Balaban J connectivity index is 1.53. The van der Waals surface area contributed by atoms with E-state index in [4.69, 9.17) is 16.3 Å². The van der Waals surface area contributed by atoms with E-state index in [0.29, 0.717) is 16.6 Å². The zero-order chi connectivity index (χ0) is 21.8. The van der Waals surface area contributed by atoms with Gasteiger partial charge in [-0.2, -0.15) is 4.98 Å². The Bertz CT molecular complexity index is 1070. The molecule has 0 spiro atoms. The van der Waals surface area contributed by atoms with E-state index in [1.54, 1.807) is 24.3 Å². The van der Waals surface area contributed by atoms with Crippen LogP contribution in [0.1, 0.15) is 19.3 Å². The summed E-state index contributed by atoms with van der Waals surface area (Å²) in [6.07, 6.45) is 3.79. The maximum Gasteiger partial charge on any atom is 0.273 e. The third-order valence-electron chi connectivity index (χ3n) is 5.34. The summed E-state index contributed by atoms with van der Waals surface area (Å²) in [7, 11) is 1.92. The van der Waals surface area contributed by atoms with Crippen LogP contribution in [0, 0.1) is 10.1 Å². The molecule has 1 aliphatic rings. The molecule has 0 unspecified atom stereocenters. The van der Waals surface area contributed by atoms with Gasteiger partial charge in [0.25, 0.3) is 5.69 Å². The second-order valence-corrected chi connectivity index (χ2v) is 7.84. The fraction of sp³-hybridized carbons (Fsp3) is 0.261. The Morgan fingerprint density at radius 3 is 2.52 bits per heavy atom. The van der Waals surface area contributed by atoms with Crippen molar-refractivity contribution in [2.24, 2.45) is 0 Å². The topological polar surface area (TPSA) is 71.7 Å². The molecule has 0 aliphatic carbocycles. The van der Waals surface area contributed by atoms with Gasteiger partial charge in [-0.1, -0.05) is 17.7 Å². The Kier molecular flexibility index (Phi) is 6.23. The molecule has 1 aliphatic heterocycles. The molecule has 0 N–H and O–H groups in total. The molecule has 31 heavy (non-hydrogen) atoms. The predicted octanol–water partition coefficient (Wildman–Crippen LogP) is 6.19. The number of benzene rings is 2. The molecule has 1 aromatic heterocycles. The standard InChI is InChI=1S/C23H23ClN4O3/c1-26(17-8-10-18(11-9-17)27-14-3-2-4-15-27)22-13-12-21(24)23(25-22)31-20-7-5-6-19(16-20)28(29)30/h5-13,16H,2-4,14-15H2,1H3. The van der Waals surface area contributed by atoms with Crippen molar-refractivity contribution in [3.05, 3.63) is 75.8 Å². The maximum absolute atomic E-state index is 11.0. The summed E-state index contributed by atoms with van der Waals surface area (Å²) in [6.45, 7) is 2.21. The van der Waals surface area contributed by atoms with Crippen molar-refractivity contribution in [2.75, 3.05) is 29.9 Å². The molecule has 8 heteroatoms. The highest BCUT2D eigenvalue weighted by atomic mass is 35.5. The van der Waals surface area contributed by atoms with Gasteiger partial charge in [0.05, 0.1) is 11.0 Å². The van der Waals surface area contributed by atoms with Gasteiger partial charge in [-0.25, -0.2) is 0 Å². The fourth-order valence-electron chi connectivity index (χ4n) is 3.62. The highest BCUT2D eigenvalue weighted by molar-refractivity contribution is 6.31. The van der Waals surface area contributed by atoms with Crippen LogP contribution in [0.15, 0.2) is 60.7 Å². The average molecular weight is 439 g/mol. The Labute approximate surface area is 186 Å². The number of nitro groups is 1. The lowest BCUT2D eigenvalue weighted by Gasteiger charge is -2.29. The van der Waals surface area contributed by atoms with Crippen LogP contribution < -0.4 is 14.5 Å². The minimum absolute atomic E-state index is 0.0595. The van der Waals surface area contributed by atoms with Crippen molar-refractivity contribution in [3.63, 3.8) is 0 Å². The van der Waals surface area contributed by atoms with Gasteiger partial charge in [0, 0.05) is 37.6 Å². The number of aromatic nitrogens is 1. The minimum atomic E-state index is -0.473. The van der Waals surface area contributed by atoms with Crippen LogP contribution in [0.25, 0.3) is 0 Å². The van der Waals surface area contributed by atoms with Gasteiger partial charge in [-0.3, -0.25) is 10.1 Å². The van der Waals surface area contributed by atoms with Crippen LogP contribution in [-0.4, -0.2) is 30.0 Å². The van der Waals surface area contributed by atoms with Crippen LogP contribution in [0.4, 0.5) is 22.9 Å². The average Bonchev–Trinajstić information content (AvgIpc) is 2.81. The quantitative estimate of drug-likeness (QED) is 0.337. The molecule has 0 amide bonds. The largest absolute Gasteiger partial charge is 0.437 e. The summed E-state index contributed by atoms with van der Waals surface area (Å²) < 4.78 is 5.74. The number of hydrogen-bond acceptors (Lipinski definition) is 6. The zero-order valence-corrected chi connectivity index (χ0v) is 18.0. The molecule has 0 bridgehead atoms. The summed E-state index contributed by atoms with van der Waals surface area (Å²) in [4.78, 5) is 19.4. The number of non-ortho nitro benzene ring substituents is 1. The third kappa shape index (κ3) is 4.88. The van der Waals surface area contributed by atoms with Gasteiger partial charge in [-0.15, -0.1) is 0 Å². The van der Waals surface area contributed by atoms with Crippen molar-refractivity contribution in [1.29, 1.82) is 0 Å². The molecule has 0 saturated carbocycles. The van der Waals surface area contributed by atoms with Crippen molar-refractivity contribution < 1.29 is 9.66 Å². The normalized spacial score (nSPS) is 13.7. The summed E-state index contributed by atoms with van der Waals surface area (Å²) in [5.41, 5.74) is 2.16. The van der Waals surface area contributed by atoms with E-state index in [2.05, 4.69) is 34.1 Å². The number of hydrogen-bond donors (Lipinski definition) is 0. The lowest BCUT2D eigenvalue weighted by Crippen LogP contribution is -2.29. The fourth-order valence-corrected chi connectivity index (χ4v) is 3.76. The number of pyridine rings is 1. The predicted molar refractivity (Wildman–Crippen MR) is 123 cm³/mol. The van der Waals surface area contributed by atoms with Crippen LogP contribution in [-0.2, 0) is 0 Å². The zero-order valence-electron chi connectivity index (χ0n) is 17.2. The van der Waals surface area contributed by atoms with Crippen molar-refractivity contribution in [2.45, 2.75) is 19.3 Å². The number of ether oxygens (including phenoxy) is 1. The minimum Gasteiger partial charge on any atom is -0.437 e. The van der Waals surface area contributed by atoms with Gasteiger partial charge in [0.15, 0.2) is 0 Å². The summed E-state index contributed by atoms with van der Waals surface area (Å²) in [6, 6.07) is 17.8. The first-order valence-corrected chi connectivity index (χ1v) is 10.6. The number of rotatable bonds is 6. The molecule has 160 valence electrons. The molecule has 4 rings (SSSR count). The lowest BCUT2D eigenvalue weighted by molar-refractivity contribution is -0.384. The maximum atomic E-state index is 11.0. The van der Waals surface area contributed by atoms with E-state index in [-0.39, 0.29) is 11.6 Å². The Morgan fingerprint density at radius 1 is 1.06 bits per heavy atom. The van der Waals surface area contributed by atoms with E-state index >= 15 is 0 Å². The van der Waals surface area contributed by atoms with Crippen LogP contribution >= 0.6 is 11.6 Å². The van der Waals surface area contributed by atoms with E-state index in [9.17, 15) is 10.1 Å². The van der Waals surface area contributed by atoms with Gasteiger partial charge in [-0.05, 0) is 61.7 Å². The van der Waals surface area contributed by atoms with Crippen LogP contribution in [0.3, 0.4) is 0 Å². The summed E-state index contributed by atoms with van der Waals surface area (Å²) >= 11 is 6.26. The number of halogens is 1. The monoisotopic (exact) mass is 438 g/mol. The first-order chi connectivity index (χ1) is 15.0. The lowest BCUT2D eigenvalue weighted by atomic mass is 10.1. The van der Waals surface area contributed by atoms with Crippen molar-refractivity contribution in [3.8, 4) is 11.6 Å². The second kappa shape index (κ2) is 9.22. The molecule has 1 saturated heterocycles. The van der Waals surface area contributed by atoms with E-state index < -0.39 is 4.92 Å². The van der Waals surface area contributed by atoms with Gasteiger partial charge < -0.3 is 14.5 Å². The molecule has 1 fully saturated rings. The Morgan fingerprint density at radius 2 is 1.81 bits per heavy atom. The molecule has 0 atom stereocenters. The first kappa shape index (κ1) is 20.9. The smallest absolute Gasteiger partial charge is 0.273 e. The van der Waals surface area contributed by atoms with Gasteiger partial charge in [0.1, 0.15) is 16.6 Å². The van der Waals surface area contributed by atoms with Crippen molar-refractivity contribution >= 4 is 34.5 Å². The summed E-state index contributed by atoms with van der Waals surface area (Å²) in [5.74, 6) is 1.14. The highest BCUT2D eigenvalue weighted by Gasteiger charge is 2.15. The summed E-state index contributed by atoms with van der Waals surface area (Å²) in [5, 5.41) is 11.3. The van der Waals surface area contributed by atoms with E-state index in [0.717, 1.165) is 18.8 Å². The Hall–Kier alpha value is -3.32. The first-order valence-electron chi connectivity index (χ1n) is 10.2. The molecule has 2 heterocycles. The third-order valence-corrected chi connectivity index (χ3v) is 5.63. The van der Waals surface area contributed by atoms with Gasteiger partial charge in [0.2, 0.25) is 5.88 Å². The SMILES string of the molecule is CN(c1ccc(N2CCCCC2)cc1)c1ccc(Cl)c(Oc2cccc([N+](=O)[O-])c2)n1. The number of nitrogens with zero attached hydrogens (tertiary/aromatic N) is 4. The second-order valence-electron chi connectivity index (χ2n) is 7.44. The number of anilines is 3. The molecule has 7 nitrogen and oxygen atoms in total. The molecule has 0 radical (unpaired) electrons. The highest BCUT2D eigenvalue weighted by Crippen LogP contribution is 2.33. The van der Waals surface area contributed by atoms with Gasteiger partial charge >= 0.3 is 0 Å². The molecular formula is C23H23ClN4O3. The van der Waals surface area contributed by atoms with Crippen LogP contribution in [0.5, 0.6) is 11.6 Å². The van der Waals surface area contributed by atoms with Crippen molar-refractivity contribution in [1.82, 2.24) is 4.98 Å². The number of piperidine rings is 1. The van der Waals surface area contributed by atoms with E-state index in [1.165, 1.54) is 37.1 Å². The molecular weight excluding hydrogens is 416 g/mol.